The number of benzene rings is 1. The van der Waals surface area contributed by atoms with Crippen molar-refractivity contribution in [3.8, 4) is 0 Å². The molecular formula is C18H22F2N2S. The molecule has 0 radical (unpaired) electrons. The van der Waals surface area contributed by atoms with Crippen LogP contribution in [0.4, 0.5) is 8.78 Å². The summed E-state index contributed by atoms with van der Waals surface area (Å²) in [4.78, 5) is 6.69. The summed E-state index contributed by atoms with van der Waals surface area (Å²) in [5, 5.41) is 1.04. The Labute approximate surface area is 139 Å². The maximum Gasteiger partial charge on any atom is 0.288 e. The normalized spacial score (nSPS) is 22.5. The molecule has 124 valence electrons. The van der Waals surface area contributed by atoms with Crippen molar-refractivity contribution in [2.75, 3.05) is 13.6 Å². The molecule has 2 fully saturated rings. The summed E-state index contributed by atoms with van der Waals surface area (Å²) in [6, 6.07) is 6.28. The van der Waals surface area contributed by atoms with Crippen LogP contribution in [0.2, 0.25) is 0 Å². The van der Waals surface area contributed by atoms with E-state index in [9.17, 15) is 8.78 Å². The highest BCUT2D eigenvalue weighted by atomic mass is 32.2. The molecule has 1 saturated heterocycles. The van der Waals surface area contributed by atoms with E-state index >= 15 is 0 Å². The van der Waals surface area contributed by atoms with Crippen LogP contribution in [0, 0.1) is 0 Å². The van der Waals surface area contributed by atoms with Gasteiger partial charge in [0, 0.05) is 27.5 Å². The van der Waals surface area contributed by atoms with Crippen molar-refractivity contribution in [3.05, 3.63) is 29.5 Å². The Morgan fingerprint density at radius 2 is 2.13 bits per heavy atom. The minimum absolute atomic E-state index is 0.538. The molecule has 2 aliphatic rings. The third-order valence-electron chi connectivity index (χ3n) is 5.24. The summed E-state index contributed by atoms with van der Waals surface area (Å²) in [6.07, 6.45) is 5.86. The number of rotatable bonds is 5. The van der Waals surface area contributed by atoms with Crippen LogP contribution >= 0.6 is 11.8 Å². The van der Waals surface area contributed by atoms with Gasteiger partial charge in [0.25, 0.3) is 5.76 Å². The number of nitrogens with zero attached hydrogens (tertiary/aromatic N) is 1. The number of fused-ring (bicyclic) bond motifs is 1. The highest BCUT2D eigenvalue weighted by Crippen LogP contribution is 2.46. The molecule has 1 N–H and O–H groups in total. The minimum atomic E-state index is -2.37. The number of hydrogen-bond donors (Lipinski definition) is 1. The van der Waals surface area contributed by atoms with E-state index in [1.54, 1.807) is 0 Å². The van der Waals surface area contributed by atoms with Crippen molar-refractivity contribution in [1.82, 2.24) is 9.88 Å². The van der Waals surface area contributed by atoms with Gasteiger partial charge in [0.05, 0.1) is 0 Å². The summed E-state index contributed by atoms with van der Waals surface area (Å²) in [5.41, 5.74) is 3.63. The average Bonchev–Trinajstić information content (AvgIpc) is 3.17. The minimum Gasteiger partial charge on any atom is -0.358 e. The van der Waals surface area contributed by atoms with Crippen LogP contribution in [0.1, 0.15) is 42.9 Å². The molecule has 1 aliphatic heterocycles. The molecule has 1 aliphatic carbocycles. The molecule has 23 heavy (non-hydrogen) atoms. The number of nitrogens with one attached hydrogen (secondary N) is 1. The number of thioether (sulfide) groups is 1. The lowest BCUT2D eigenvalue weighted by Crippen LogP contribution is -2.27. The van der Waals surface area contributed by atoms with Gasteiger partial charge in [0.15, 0.2) is 0 Å². The second-order valence-corrected chi connectivity index (χ2v) is 7.86. The Morgan fingerprint density at radius 3 is 2.78 bits per heavy atom. The van der Waals surface area contributed by atoms with Crippen LogP contribution in [-0.2, 0) is 6.42 Å². The molecule has 0 amide bonds. The van der Waals surface area contributed by atoms with Crippen LogP contribution in [-0.4, -0.2) is 35.3 Å². The van der Waals surface area contributed by atoms with Gasteiger partial charge in [-0.15, -0.1) is 0 Å². The summed E-state index contributed by atoms with van der Waals surface area (Å²) in [7, 11) is 2.18. The van der Waals surface area contributed by atoms with E-state index in [4.69, 9.17) is 0 Å². The predicted molar refractivity (Wildman–Crippen MR) is 91.5 cm³/mol. The van der Waals surface area contributed by atoms with Crippen molar-refractivity contribution in [3.63, 3.8) is 0 Å². The average molecular weight is 336 g/mol. The molecule has 2 heterocycles. The SMILES string of the molecule is CN1CCC[C@@H]1Cc1c(C2CC2)[nH]c2cccc(SC(F)F)c12. The van der Waals surface area contributed by atoms with Gasteiger partial charge < -0.3 is 9.88 Å². The van der Waals surface area contributed by atoms with Crippen molar-refractivity contribution in [1.29, 1.82) is 0 Å². The summed E-state index contributed by atoms with van der Waals surface area (Å²) in [6.45, 7) is 1.14. The summed E-state index contributed by atoms with van der Waals surface area (Å²) < 4.78 is 25.9. The smallest absolute Gasteiger partial charge is 0.288 e. The number of halogens is 2. The number of likely N-dealkylation sites (tertiary alicyclic amines) is 1. The van der Waals surface area contributed by atoms with Crippen molar-refractivity contribution < 1.29 is 8.78 Å². The monoisotopic (exact) mass is 336 g/mol. The fourth-order valence-electron chi connectivity index (χ4n) is 3.90. The van der Waals surface area contributed by atoms with E-state index in [1.165, 1.54) is 36.9 Å². The number of aromatic nitrogens is 1. The molecule has 0 bridgehead atoms. The molecule has 1 atom stereocenters. The lowest BCUT2D eigenvalue weighted by Gasteiger charge is -2.20. The Bertz CT molecular complexity index is 708. The quantitative estimate of drug-likeness (QED) is 0.775. The lowest BCUT2D eigenvalue weighted by atomic mass is 9.99. The van der Waals surface area contributed by atoms with Crippen LogP contribution in [0.25, 0.3) is 10.9 Å². The van der Waals surface area contributed by atoms with Gasteiger partial charge in [-0.25, -0.2) is 0 Å². The van der Waals surface area contributed by atoms with E-state index in [0.717, 1.165) is 28.8 Å². The molecule has 1 aromatic heterocycles. The van der Waals surface area contributed by atoms with Crippen molar-refractivity contribution in [2.24, 2.45) is 0 Å². The molecule has 0 spiro atoms. The number of alkyl halides is 2. The second kappa shape index (κ2) is 6.10. The fourth-order valence-corrected chi connectivity index (χ4v) is 4.60. The van der Waals surface area contributed by atoms with E-state index in [0.29, 0.717) is 23.7 Å². The zero-order valence-electron chi connectivity index (χ0n) is 13.3. The first kappa shape index (κ1) is 15.5. The van der Waals surface area contributed by atoms with Crippen molar-refractivity contribution in [2.45, 2.75) is 54.7 Å². The molecular weight excluding hydrogens is 314 g/mol. The van der Waals surface area contributed by atoms with Gasteiger partial charge in [-0.1, -0.05) is 17.8 Å². The third kappa shape index (κ3) is 3.01. The Balaban J connectivity index is 1.79. The largest absolute Gasteiger partial charge is 0.358 e. The second-order valence-electron chi connectivity index (χ2n) is 6.83. The van der Waals surface area contributed by atoms with E-state index in [1.807, 2.05) is 18.2 Å². The van der Waals surface area contributed by atoms with Crippen LogP contribution in [0.3, 0.4) is 0 Å². The van der Waals surface area contributed by atoms with Crippen molar-refractivity contribution >= 4 is 22.7 Å². The number of hydrogen-bond acceptors (Lipinski definition) is 2. The maximum atomic E-state index is 13.0. The fraction of sp³-hybridized carbons (Fsp3) is 0.556. The lowest BCUT2D eigenvalue weighted by molar-refractivity contribution is 0.252. The van der Waals surface area contributed by atoms with Gasteiger partial charge in [-0.05, 0) is 69.3 Å². The molecule has 1 saturated carbocycles. The van der Waals surface area contributed by atoms with Gasteiger partial charge >= 0.3 is 0 Å². The number of likely N-dealkylation sites (N-methyl/N-ethyl adjacent to an activating group) is 1. The topological polar surface area (TPSA) is 19.0 Å². The van der Waals surface area contributed by atoms with Gasteiger partial charge in [0.2, 0.25) is 0 Å². The highest BCUT2D eigenvalue weighted by molar-refractivity contribution is 7.99. The maximum absolute atomic E-state index is 13.0. The summed E-state index contributed by atoms with van der Waals surface area (Å²) >= 11 is 0.679. The molecule has 2 nitrogen and oxygen atoms in total. The van der Waals surface area contributed by atoms with Crippen LogP contribution < -0.4 is 0 Å². The van der Waals surface area contributed by atoms with Gasteiger partial charge in [-0.2, -0.15) is 8.78 Å². The highest BCUT2D eigenvalue weighted by Gasteiger charge is 2.32. The number of aromatic amines is 1. The molecule has 5 heteroatoms. The van der Waals surface area contributed by atoms with E-state index < -0.39 is 5.76 Å². The molecule has 0 unspecified atom stereocenters. The Hall–Kier alpha value is -1.07. The molecule has 4 rings (SSSR count). The Morgan fingerprint density at radius 1 is 1.30 bits per heavy atom. The predicted octanol–water partition coefficient (Wildman–Crippen LogP) is 5.00. The third-order valence-corrected chi connectivity index (χ3v) is 6.01. The van der Waals surface area contributed by atoms with Crippen LogP contribution in [0.5, 0.6) is 0 Å². The standard InChI is InChI=1S/C18H22F2N2S/c1-22-9-3-4-12(22)10-13-16-14(21-17(13)11-7-8-11)5-2-6-15(16)23-18(19)20/h2,5-6,11-12,18,21H,3-4,7-10H2,1H3/t12-/m1/s1. The summed E-state index contributed by atoms with van der Waals surface area (Å²) in [5.74, 6) is -1.77. The zero-order chi connectivity index (χ0) is 16.0. The molecule has 1 aromatic carbocycles. The Kier molecular flexibility index (Phi) is 4.10. The van der Waals surface area contributed by atoms with Crippen LogP contribution in [0.15, 0.2) is 23.1 Å². The first-order valence-electron chi connectivity index (χ1n) is 8.42. The number of H-pyrrole nitrogens is 1. The van der Waals surface area contributed by atoms with E-state index in [-0.39, 0.29) is 0 Å². The first-order valence-corrected chi connectivity index (χ1v) is 9.30. The zero-order valence-corrected chi connectivity index (χ0v) is 14.1. The first-order chi connectivity index (χ1) is 11.1. The van der Waals surface area contributed by atoms with Gasteiger partial charge in [0.1, 0.15) is 0 Å². The van der Waals surface area contributed by atoms with Gasteiger partial charge in [-0.3, -0.25) is 0 Å². The molecule has 2 aromatic rings. The van der Waals surface area contributed by atoms with E-state index in [2.05, 4.69) is 16.9 Å².